The molecule has 1 fully saturated rings. The van der Waals surface area contributed by atoms with E-state index in [-0.39, 0.29) is 12.4 Å². The molecule has 0 aliphatic carbocycles. The molecule has 3 rings (SSSR count). The van der Waals surface area contributed by atoms with E-state index < -0.39 is 20.7 Å². The smallest absolute Gasteiger partial charge is 0.243 e. The van der Waals surface area contributed by atoms with Gasteiger partial charge in [0.25, 0.3) is 0 Å². The van der Waals surface area contributed by atoms with E-state index in [0.717, 1.165) is 6.07 Å². The molecule has 0 unspecified atom stereocenters. The van der Waals surface area contributed by atoms with E-state index in [9.17, 15) is 12.8 Å². The Labute approximate surface area is 157 Å². The van der Waals surface area contributed by atoms with Crippen LogP contribution >= 0.6 is 0 Å². The lowest BCUT2D eigenvalue weighted by Gasteiger charge is -2.27. The Hall–Kier alpha value is -2.37. The third-order valence-corrected chi connectivity index (χ3v) is 5.33. The number of benzene rings is 1. The number of rotatable bonds is 6. The summed E-state index contributed by atoms with van der Waals surface area (Å²) in [5, 5.41) is 0. The summed E-state index contributed by atoms with van der Waals surface area (Å²) >= 11 is 0. The van der Waals surface area contributed by atoms with Crippen molar-refractivity contribution in [2.24, 2.45) is 0 Å². The zero-order chi connectivity index (χ0) is 19.4. The van der Waals surface area contributed by atoms with Gasteiger partial charge >= 0.3 is 0 Å². The van der Waals surface area contributed by atoms with Gasteiger partial charge in [-0.2, -0.15) is 15.0 Å². The second-order valence-corrected chi connectivity index (χ2v) is 7.84. The summed E-state index contributed by atoms with van der Waals surface area (Å²) < 4.78 is 46.2. The Morgan fingerprint density at radius 3 is 2.56 bits per heavy atom. The highest BCUT2D eigenvalue weighted by Crippen LogP contribution is 2.16. The van der Waals surface area contributed by atoms with Crippen LogP contribution in [0.2, 0.25) is 0 Å². The lowest BCUT2D eigenvalue weighted by atomic mass is 10.4. The number of anilines is 2. The van der Waals surface area contributed by atoms with Crippen LogP contribution < -0.4 is 14.5 Å². The zero-order valence-electron chi connectivity index (χ0n) is 15.1. The molecule has 27 heavy (non-hydrogen) atoms. The van der Waals surface area contributed by atoms with Crippen LogP contribution in [0.5, 0.6) is 0 Å². The van der Waals surface area contributed by atoms with E-state index in [1.807, 2.05) is 4.90 Å². The molecule has 146 valence electrons. The fraction of sp³-hybridized carbons (Fsp3) is 0.438. The summed E-state index contributed by atoms with van der Waals surface area (Å²) in [7, 11) is -0.466. The summed E-state index contributed by atoms with van der Waals surface area (Å²) in [6.45, 7) is 2.22. The minimum absolute atomic E-state index is 0.183. The fourth-order valence-electron chi connectivity index (χ4n) is 2.48. The second kappa shape index (κ2) is 8.11. The van der Waals surface area contributed by atoms with Crippen LogP contribution in [0.25, 0.3) is 0 Å². The molecular formula is C16H21FN6O3S. The number of hydrogen-bond donors (Lipinski definition) is 1. The Balaban J connectivity index is 1.83. The van der Waals surface area contributed by atoms with Gasteiger partial charge in [-0.25, -0.2) is 17.5 Å². The molecule has 1 N–H and O–H groups in total. The van der Waals surface area contributed by atoms with Gasteiger partial charge in [0.15, 0.2) is 5.82 Å². The van der Waals surface area contributed by atoms with Gasteiger partial charge in [-0.15, -0.1) is 0 Å². The van der Waals surface area contributed by atoms with Crippen molar-refractivity contribution in [2.75, 3.05) is 50.2 Å². The van der Waals surface area contributed by atoms with Crippen molar-refractivity contribution in [3.63, 3.8) is 0 Å². The lowest BCUT2D eigenvalue weighted by Crippen LogP contribution is -2.38. The van der Waals surface area contributed by atoms with Gasteiger partial charge in [0, 0.05) is 27.2 Å². The molecule has 0 spiro atoms. The number of ether oxygens (including phenoxy) is 1. The highest BCUT2D eigenvalue weighted by molar-refractivity contribution is 7.89. The van der Waals surface area contributed by atoms with Gasteiger partial charge in [-0.05, 0) is 12.1 Å². The van der Waals surface area contributed by atoms with E-state index in [0.29, 0.717) is 38.2 Å². The molecule has 11 heteroatoms. The predicted molar refractivity (Wildman–Crippen MR) is 97.6 cm³/mol. The third-order valence-electron chi connectivity index (χ3n) is 3.90. The summed E-state index contributed by atoms with van der Waals surface area (Å²) in [5.74, 6) is 0.294. The molecule has 1 aliphatic rings. The number of nitrogens with one attached hydrogen (secondary N) is 1. The molecule has 2 heterocycles. The van der Waals surface area contributed by atoms with Gasteiger partial charge in [-0.1, -0.05) is 12.1 Å². The maximum absolute atomic E-state index is 13.8. The molecule has 1 saturated heterocycles. The van der Waals surface area contributed by atoms with Crippen molar-refractivity contribution in [2.45, 2.75) is 11.4 Å². The molecule has 9 nitrogen and oxygen atoms in total. The van der Waals surface area contributed by atoms with Crippen molar-refractivity contribution in [1.82, 2.24) is 19.7 Å². The van der Waals surface area contributed by atoms with Gasteiger partial charge in [-0.3, -0.25) is 0 Å². The lowest BCUT2D eigenvalue weighted by molar-refractivity contribution is 0.122. The average molecular weight is 396 g/mol. The number of morpholine rings is 1. The molecule has 0 saturated carbocycles. The van der Waals surface area contributed by atoms with Crippen molar-refractivity contribution in [3.8, 4) is 0 Å². The van der Waals surface area contributed by atoms with Crippen LogP contribution in [-0.4, -0.2) is 63.8 Å². The van der Waals surface area contributed by atoms with Crippen molar-refractivity contribution < 1.29 is 17.5 Å². The van der Waals surface area contributed by atoms with Crippen molar-refractivity contribution in [1.29, 1.82) is 0 Å². The van der Waals surface area contributed by atoms with Crippen LogP contribution in [-0.2, 0) is 21.3 Å². The summed E-state index contributed by atoms with van der Waals surface area (Å²) in [5.41, 5.74) is 0. The monoisotopic (exact) mass is 396 g/mol. The van der Waals surface area contributed by atoms with Gasteiger partial charge in [0.1, 0.15) is 10.7 Å². The molecule has 0 atom stereocenters. The normalized spacial score (nSPS) is 15.0. The molecule has 0 radical (unpaired) electrons. The minimum Gasteiger partial charge on any atom is -0.378 e. The molecule has 2 aromatic rings. The molecule has 1 aromatic heterocycles. The topological polar surface area (TPSA) is 101 Å². The Morgan fingerprint density at radius 1 is 1.19 bits per heavy atom. The van der Waals surface area contributed by atoms with E-state index in [1.165, 1.54) is 18.2 Å². The number of halogens is 1. The average Bonchev–Trinajstić information content (AvgIpc) is 2.67. The zero-order valence-corrected chi connectivity index (χ0v) is 15.9. The van der Waals surface area contributed by atoms with Crippen LogP contribution in [0.15, 0.2) is 29.2 Å². The first-order valence-electron chi connectivity index (χ1n) is 8.36. The second-order valence-electron chi connectivity index (χ2n) is 6.10. The highest BCUT2D eigenvalue weighted by Gasteiger charge is 2.21. The van der Waals surface area contributed by atoms with Crippen molar-refractivity contribution >= 4 is 21.9 Å². The minimum atomic E-state index is -4.03. The Kier molecular flexibility index (Phi) is 5.82. The van der Waals surface area contributed by atoms with Crippen LogP contribution in [0.3, 0.4) is 0 Å². The standard InChI is InChI=1S/C16H21FN6O3S/c1-22(2)15-19-14(20-16(21-15)23-7-9-26-10-8-23)11-18-27(24,25)13-6-4-3-5-12(13)17/h3-6,18H,7-11H2,1-2H3. The number of aromatic nitrogens is 3. The summed E-state index contributed by atoms with van der Waals surface area (Å²) in [6.07, 6.45) is 0. The molecular weight excluding hydrogens is 375 g/mol. The largest absolute Gasteiger partial charge is 0.378 e. The first-order chi connectivity index (χ1) is 12.9. The maximum Gasteiger partial charge on any atom is 0.243 e. The predicted octanol–water partition coefficient (Wildman–Crippen LogP) is 0.392. The SMILES string of the molecule is CN(C)c1nc(CNS(=O)(=O)c2ccccc2F)nc(N2CCOCC2)n1. The highest BCUT2D eigenvalue weighted by atomic mass is 32.2. The molecule has 1 aliphatic heterocycles. The van der Waals surface area contributed by atoms with Gasteiger partial charge in [0.05, 0.1) is 19.8 Å². The number of hydrogen-bond acceptors (Lipinski definition) is 8. The summed E-state index contributed by atoms with van der Waals surface area (Å²) in [6, 6.07) is 5.19. The number of nitrogens with zero attached hydrogens (tertiary/aromatic N) is 5. The Bertz CT molecular complexity index is 903. The summed E-state index contributed by atoms with van der Waals surface area (Å²) in [4.78, 5) is 16.3. The van der Waals surface area contributed by atoms with Gasteiger partial charge < -0.3 is 14.5 Å². The molecule has 1 aromatic carbocycles. The van der Waals surface area contributed by atoms with Crippen LogP contribution in [0.4, 0.5) is 16.3 Å². The van der Waals surface area contributed by atoms with Crippen LogP contribution in [0.1, 0.15) is 5.82 Å². The first kappa shape index (κ1) is 19.4. The fourth-order valence-corrected chi connectivity index (χ4v) is 3.54. The Morgan fingerprint density at radius 2 is 1.89 bits per heavy atom. The van der Waals surface area contributed by atoms with Gasteiger partial charge in [0.2, 0.25) is 21.9 Å². The van der Waals surface area contributed by atoms with Crippen molar-refractivity contribution in [3.05, 3.63) is 35.9 Å². The maximum atomic E-state index is 13.8. The van der Waals surface area contributed by atoms with Crippen LogP contribution in [0, 0.1) is 5.82 Å². The molecule has 0 amide bonds. The first-order valence-corrected chi connectivity index (χ1v) is 9.84. The van der Waals surface area contributed by atoms with E-state index in [4.69, 9.17) is 4.74 Å². The number of sulfonamides is 1. The third kappa shape index (κ3) is 4.67. The van der Waals surface area contributed by atoms with E-state index in [1.54, 1.807) is 19.0 Å². The van der Waals surface area contributed by atoms with E-state index in [2.05, 4.69) is 19.7 Å². The quantitative estimate of drug-likeness (QED) is 0.749. The van der Waals surface area contributed by atoms with E-state index >= 15 is 0 Å². The molecule has 0 bridgehead atoms.